The predicted octanol–water partition coefficient (Wildman–Crippen LogP) is 4.26. The van der Waals surface area contributed by atoms with E-state index < -0.39 is 0 Å². The summed E-state index contributed by atoms with van der Waals surface area (Å²) >= 11 is 0. The Morgan fingerprint density at radius 3 is 2.58 bits per heavy atom. The summed E-state index contributed by atoms with van der Waals surface area (Å²) < 4.78 is 11.4. The normalized spacial score (nSPS) is 30.0. The van der Waals surface area contributed by atoms with E-state index in [0.717, 1.165) is 11.5 Å². The first kappa shape index (κ1) is 16.0. The van der Waals surface area contributed by atoms with E-state index in [9.17, 15) is 0 Å². The standard InChI is InChI=1S/C21H29NO2/c1-14-7-8-21(9-10-22(2)19(21)11-14)16-12-17(15-5-6-15)20(24-4)18(13-16)23-3/h11-13,15,19H,5-10H2,1-4H3/t19-,21-/m0/s1. The Bertz CT molecular complexity index is 677. The smallest absolute Gasteiger partial charge is 0.164 e. The first-order valence-electron chi connectivity index (χ1n) is 9.23. The van der Waals surface area contributed by atoms with Gasteiger partial charge in [0, 0.05) is 17.0 Å². The van der Waals surface area contributed by atoms with E-state index in [2.05, 4.69) is 37.1 Å². The molecule has 2 fully saturated rings. The molecular formula is C21H29NO2. The topological polar surface area (TPSA) is 21.7 Å². The van der Waals surface area contributed by atoms with Gasteiger partial charge in [0.2, 0.25) is 0 Å². The molecule has 130 valence electrons. The molecule has 0 unspecified atom stereocenters. The third-order valence-corrected chi connectivity index (χ3v) is 6.46. The van der Waals surface area contributed by atoms with Crippen molar-refractivity contribution in [2.45, 2.75) is 56.4 Å². The molecule has 4 rings (SSSR count). The minimum Gasteiger partial charge on any atom is -0.493 e. The maximum absolute atomic E-state index is 5.73. The van der Waals surface area contributed by atoms with Crippen LogP contribution in [0.15, 0.2) is 23.8 Å². The molecule has 2 atom stereocenters. The Morgan fingerprint density at radius 2 is 1.92 bits per heavy atom. The van der Waals surface area contributed by atoms with Gasteiger partial charge < -0.3 is 9.47 Å². The zero-order chi connectivity index (χ0) is 16.9. The molecule has 3 nitrogen and oxygen atoms in total. The fourth-order valence-electron chi connectivity index (χ4n) is 4.86. The highest BCUT2D eigenvalue weighted by atomic mass is 16.5. The van der Waals surface area contributed by atoms with Crippen molar-refractivity contribution in [1.82, 2.24) is 4.90 Å². The summed E-state index contributed by atoms with van der Waals surface area (Å²) in [6.07, 6.45) is 8.74. The van der Waals surface area contributed by atoms with Gasteiger partial charge in [0.15, 0.2) is 11.5 Å². The first-order chi connectivity index (χ1) is 11.6. The van der Waals surface area contributed by atoms with Crippen LogP contribution in [-0.2, 0) is 5.41 Å². The summed E-state index contributed by atoms with van der Waals surface area (Å²) in [5.41, 5.74) is 4.59. The number of nitrogens with zero attached hydrogens (tertiary/aromatic N) is 1. The molecule has 0 radical (unpaired) electrons. The zero-order valence-corrected chi connectivity index (χ0v) is 15.4. The van der Waals surface area contributed by atoms with Crippen LogP contribution in [0, 0.1) is 0 Å². The number of hydrogen-bond donors (Lipinski definition) is 0. The molecule has 0 bridgehead atoms. The number of fused-ring (bicyclic) bond motifs is 1. The number of ether oxygens (including phenoxy) is 2. The lowest BCUT2D eigenvalue weighted by Gasteiger charge is -2.40. The van der Waals surface area contributed by atoms with Gasteiger partial charge in [-0.3, -0.25) is 4.90 Å². The Kier molecular flexibility index (Phi) is 3.87. The van der Waals surface area contributed by atoms with Gasteiger partial charge in [-0.1, -0.05) is 17.7 Å². The van der Waals surface area contributed by atoms with Crippen LogP contribution in [0.25, 0.3) is 0 Å². The Labute approximate surface area is 145 Å². The maximum Gasteiger partial charge on any atom is 0.164 e. The molecule has 1 heterocycles. The van der Waals surface area contributed by atoms with Gasteiger partial charge in [-0.15, -0.1) is 0 Å². The van der Waals surface area contributed by atoms with Gasteiger partial charge >= 0.3 is 0 Å². The molecule has 1 aromatic carbocycles. The van der Waals surface area contributed by atoms with Crippen molar-refractivity contribution in [3.63, 3.8) is 0 Å². The summed E-state index contributed by atoms with van der Waals surface area (Å²) in [7, 11) is 5.80. The molecule has 1 aliphatic heterocycles. The van der Waals surface area contributed by atoms with E-state index in [1.165, 1.54) is 55.3 Å². The van der Waals surface area contributed by atoms with Crippen LogP contribution in [-0.4, -0.2) is 38.8 Å². The maximum atomic E-state index is 5.73. The molecule has 1 saturated carbocycles. The monoisotopic (exact) mass is 327 g/mol. The van der Waals surface area contributed by atoms with Gasteiger partial charge in [0.1, 0.15) is 0 Å². The number of likely N-dealkylation sites (N-methyl/N-ethyl adjacent to an activating group) is 1. The van der Waals surface area contributed by atoms with Gasteiger partial charge in [0.05, 0.1) is 14.2 Å². The number of benzene rings is 1. The number of methoxy groups -OCH3 is 2. The molecule has 24 heavy (non-hydrogen) atoms. The van der Waals surface area contributed by atoms with Crippen LogP contribution in [0.5, 0.6) is 11.5 Å². The highest BCUT2D eigenvalue weighted by molar-refractivity contribution is 5.55. The summed E-state index contributed by atoms with van der Waals surface area (Å²) in [5, 5.41) is 0. The van der Waals surface area contributed by atoms with Gasteiger partial charge in [-0.25, -0.2) is 0 Å². The minimum absolute atomic E-state index is 0.234. The van der Waals surface area contributed by atoms with Crippen LogP contribution in [0.4, 0.5) is 0 Å². The SMILES string of the molecule is COc1cc([C@@]23CCC(C)=C[C@@H]2N(C)CC3)cc(C2CC2)c1OC. The van der Waals surface area contributed by atoms with Crippen molar-refractivity contribution < 1.29 is 9.47 Å². The second-order valence-corrected chi connectivity index (χ2v) is 7.92. The summed E-state index contributed by atoms with van der Waals surface area (Å²) in [6.45, 7) is 3.45. The highest BCUT2D eigenvalue weighted by Crippen LogP contribution is 2.53. The largest absolute Gasteiger partial charge is 0.493 e. The number of allylic oxidation sites excluding steroid dienone is 1. The quantitative estimate of drug-likeness (QED) is 0.771. The van der Waals surface area contributed by atoms with Crippen molar-refractivity contribution in [2.75, 3.05) is 27.8 Å². The van der Waals surface area contributed by atoms with Crippen molar-refractivity contribution in [1.29, 1.82) is 0 Å². The number of likely N-dealkylation sites (tertiary alicyclic amines) is 1. The third kappa shape index (κ3) is 2.36. The molecule has 3 aliphatic rings. The van der Waals surface area contributed by atoms with Crippen molar-refractivity contribution in [2.24, 2.45) is 0 Å². The zero-order valence-electron chi connectivity index (χ0n) is 15.4. The van der Waals surface area contributed by atoms with Crippen molar-refractivity contribution >= 4 is 0 Å². The van der Waals surface area contributed by atoms with Gasteiger partial charge in [0.25, 0.3) is 0 Å². The van der Waals surface area contributed by atoms with Crippen LogP contribution in [0.1, 0.15) is 56.1 Å². The molecule has 1 aromatic rings. The number of rotatable bonds is 4. The first-order valence-corrected chi connectivity index (χ1v) is 9.23. The highest BCUT2D eigenvalue weighted by Gasteiger charge is 2.48. The third-order valence-electron chi connectivity index (χ3n) is 6.46. The van der Waals surface area contributed by atoms with Gasteiger partial charge in [-0.2, -0.15) is 0 Å². The van der Waals surface area contributed by atoms with Crippen molar-refractivity contribution in [3.8, 4) is 11.5 Å². The van der Waals surface area contributed by atoms with Crippen LogP contribution in [0.2, 0.25) is 0 Å². The van der Waals surface area contributed by atoms with Crippen LogP contribution in [0.3, 0.4) is 0 Å². The van der Waals surface area contributed by atoms with E-state index in [1.807, 2.05) is 0 Å². The second-order valence-electron chi connectivity index (χ2n) is 7.92. The number of hydrogen-bond acceptors (Lipinski definition) is 3. The average Bonchev–Trinajstić information content (AvgIpc) is 3.39. The predicted molar refractivity (Wildman–Crippen MR) is 97.2 cm³/mol. The fraction of sp³-hybridized carbons (Fsp3) is 0.619. The van der Waals surface area contributed by atoms with E-state index in [4.69, 9.17) is 9.47 Å². The van der Waals surface area contributed by atoms with Crippen molar-refractivity contribution in [3.05, 3.63) is 34.9 Å². The van der Waals surface area contributed by atoms with Gasteiger partial charge in [-0.05, 0) is 70.2 Å². The molecule has 0 aromatic heterocycles. The Balaban J connectivity index is 1.85. The average molecular weight is 327 g/mol. The van der Waals surface area contributed by atoms with Crippen LogP contribution >= 0.6 is 0 Å². The fourth-order valence-corrected chi connectivity index (χ4v) is 4.86. The molecule has 0 amide bonds. The molecule has 2 aliphatic carbocycles. The summed E-state index contributed by atoms with van der Waals surface area (Å²) in [4.78, 5) is 2.52. The van der Waals surface area contributed by atoms with E-state index >= 15 is 0 Å². The molecule has 1 saturated heterocycles. The van der Waals surface area contributed by atoms with E-state index in [0.29, 0.717) is 12.0 Å². The lowest BCUT2D eigenvalue weighted by Crippen LogP contribution is -2.42. The molecule has 0 spiro atoms. The molecular weight excluding hydrogens is 298 g/mol. The minimum atomic E-state index is 0.234. The Hall–Kier alpha value is -1.48. The second kappa shape index (κ2) is 5.80. The summed E-state index contributed by atoms with van der Waals surface area (Å²) in [6, 6.07) is 5.21. The lowest BCUT2D eigenvalue weighted by molar-refractivity contribution is 0.266. The molecule has 3 heteroatoms. The molecule has 0 N–H and O–H groups in total. The Morgan fingerprint density at radius 1 is 1.12 bits per heavy atom. The summed E-state index contributed by atoms with van der Waals surface area (Å²) in [5.74, 6) is 2.51. The van der Waals surface area contributed by atoms with E-state index in [-0.39, 0.29) is 5.41 Å². The van der Waals surface area contributed by atoms with Crippen LogP contribution < -0.4 is 9.47 Å². The van der Waals surface area contributed by atoms with E-state index in [1.54, 1.807) is 14.2 Å². The lowest BCUT2D eigenvalue weighted by atomic mass is 9.67.